The first-order chi connectivity index (χ1) is 9.75. The van der Waals surface area contributed by atoms with E-state index in [1.54, 1.807) is 0 Å². The molecule has 0 heterocycles. The van der Waals surface area contributed by atoms with Crippen LogP contribution in [-0.2, 0) is 14.8 Å². The van der Waals surface area contributed by atoms with E-state index in [-0.39, 0.29) is 17.2 Å². The van der Waals surface area contributed by atoms with Crippen LogP contribution < -0.4 is 15.2 Å². The lowest BCUT2D eigenvalue weighted by molar-refractivity contribution is -0.122. The van der Waals surface area contributed by atoms with E-state index in [4.69, 9.17) is 21.4 Å². The van der Waals surface area contributed by atoms with E-state index >= 15 is 0 Å². The van der Waals surface area contributed by atoms with E-state index in [0.29, 0.717) is 0 Å². The third kappa shape index (κ3) is 4.79. The highest BCUT2D eigenvalue weighted by molar-refractivity contribution is 7.89. The number of hydrogen-bond acceptors (Lipinski definition) is 5. The zero-order valence-electron chi connectivity index (χ0n) is 10.7. The van der Waals surface area contributed by atoms with E-state index in [2.05, 4.69) is 11.2 Å². The summed E-state index contributed by atoms with van der Waals surface area (Å²) in [6, 6.07) is 3.04. The maximum Gasteiger partial charge on any atom is 0.339 e. The third-order valence-corrected chi connectivity index (χ3v) is 3.17. The van der Waals surface area contributed by atoms with Gasteiger partial charge in [0.15, 0.2) is 6.61 Å². The highest BCUT2D eigenvalue weighted by Crippen LogP contribution is 2.22. The van der Waals surface area contributed by atoms with Crippen molar-refractivity contribution in [3.63, 3.8) is 0 Å². The van der Waals surface area contributed by atoms with Crippen LogP contribution in [0.5, 0.6) is 5.75 Å². The van der Waals surface area contributed by atoms with Gasteiger partial charge in [0, 0.05) is 0 Å². The molecule has 0 atom stereocenters. The van der Waals surface area contributed by atoms with Gasteiger partial charge in [-0.1, -0.05) is 5.92 Å². The Morgan fingerprint density at radius 3 is 2.62 bits per heavy atom. The van der Waals surface area contributed by atoms with Crippen LogP contribution >= 0.6 is 0 Å². The van der Waals surface area contributed by atoms with Crippen molar-refractivity contribution in [1.29, 1.82) is 0 Å². The molecule has 0 radical (unpaired) electrons. The number of sulfonamides is 1. The lowest BCUT2D eigenvalue weighted by Gasteiger charge is -2.10. The third-order valence-electron chi connectivity index (χ3n) is 2.26. The minimum atomic E-state index is -4.04. The Hall–Kier alpha value is -2.57. The van der Waals surface area contributed by atoms with Gasteiger partial charge in [-0.15, -0.1) is 6.42 Å². The normalized spacial score (nSPS) is 10.5. The van der Waals surface area contributed by atoms with Gasteiger partial charge < -0.3 is 15.2 Å². The topological polar surface area (TPSA) is 136 Å². The van der Waals surface area contributed by atoms with E-state index in [0.717, 1.165) is 18.2 Å². The number of amides is 1. The molecule has 1 aromatic carbocycles. The molecule has 0 aliphatic heterocycles. The molecule has 0 saturated heterocycles. The maximum absolute atomic E-state index is 11.3. The number of aromatic carboxylic acids is 1. The molecule has 0 spiro atoms. The van der Waals surface area contributed by atoms with Crippen molar-refractivity contribution in [3.05, 3.63) is 23.8 Å². The van der Waals surface area contributed by atoms with Crippen LogP contribution in [0, 0.1) is 12.3 Å². The second-order valence-corrected chi connectivity index (χ2v) is 5.34. The quantitative estimate of drug-likeness (QED) is 0.586. The molecule has 9 heteroatoms. The van der Waals surface area contributed by atoms with E-state index in [1.807, 2.05) is 0 Å². The van der Waals surface area contributed by atoms with Gasteiger partial charge in [0.05, 0.1) is 11.4 Å². The molecule has 1 aromatic rings. The Balaban J connectivity index is 2.96. The second kappa shape index (κ2) is 6.74. The van der Waals surface area contributed by atoms with Gasteiger partial charge in [-0.05, 0) is 18.2 Å². The number of benzene rings is 1. The number of nitrogens with two attached hydrogens (primary N) is 1. The molecular formula is C12H12N2O6S. The summed E-state index contributed by atoms with van der Waals surface area (Å²) in [5.74, 6) is 0.0680. The zero-order valence-corrected chi connectivity index (χ0v) is 11.5. The largest absolute Gasteiger partial charge is 0.483 e. The number of carbonyl (C=O) groups excluding carboxylic acids is 1. The lowest BCUT2D eigenvalue weighted by atomic mass is 10.2. The summed E-state index contributed by atoms with van der Waals surface area (Å²) in [7, 11) is -4.04. The smallest absolute Gasteiger partial charge is 0.339 e. The summed E-state index contributed by atoms with van der Waals surface area (Å²) in [6.45, 7) is -0.449. The zero-order chi connectivity index (χ0) is 16.0. The summed E-state index contributed by atoms with van der Waals surface area (Å²) in [5.41, 5.74) is -0.425. The predicted molar refractivity (Wildman–Crippen MR) is 72.1 cm³/mol. The number of ether oxygens (including phenoxy) is 1. The number of primary sulfonamides is 1. The SMILES string of the molecule is C#CCNC(=O)COc1ccc(S(N)(=O)=O)cc1C(=O)O. The van der Waals surface area contributed by atoms with Crippen molar-refractivity contribution in [2.75, 3.05) is 13.2 Å². The van der Waals surface area contributed by atoms with Crippen molar-refractivity contribution >= 4 is 21.9 Å². The predicted octanol–water partition coefficient (Wildman–Crippen LogP) is -0.840. The molecule has 1 rings (SSSR count). The van der Waals surface area contributed by atoms with Crippen LogP contribution in [0.25, 0.3) is 0 Å². The lowest BCUT2D eigenvalue weighted by Crippen LogP contribution is -2.29. The van der Waals surface area contributed by atoms with E-state index in [9.17, 15) is 18.0 Å². The number of rotatable bonds is 6. The summed E-state index contributed by atoms with van der Waals surface area (Å²) in [4.78, 5) is 22.0. The fourth-order valence-electron chi connectivity index (χ4n) is 1.32. The fraction of sp³-hybridized carbons (Fsp3) is 0.167. The Kier molecular flexibility index (Phi) is 5.29. The first-order valence-electron chi connectivity index (χ1n) is 5.49. The number of carboxylic acids is 1. The van der Waals surface area contributed by atoms with Crippen LogP contribution in [0.1, 0.15) is 10.4 Å². The average molecular weight is 312 g/mol. The van der Waals surface area contributed by atoms with E-state index < -0.39 is 34.1 Å². The van der Waals surface area contributed by atoms with Crippen molar-refractivity contribution < 1.29 is 27.9 Å². The molecule has 0 aliphatic carbocycles. The molecule has 112 valence electrons. The van der Waals surface area contributed by atoms with Crippen LogP contribution in [0.15, 0.2) is 23.1 Å². The minimum Gasteiger partial charge on any atom is -0.483 e. The molecule has 0 aromatic heterocycles. The molecule has 0 bridgehead atoms. The van der Waals surface area contributed by atoms with Crippen LogP contribution in [0.2, 0.25) is 0 Å². The summed E-state index contributed by atoms with van der Waals surface area (Å²) >= 11 is 0. The highest BCUT2D eigenvalue weighted by atomic mass is 32.2. The van der Waals surface area contributed by atoms with Crippen molar-refractivity contribution in [2.24, 2.45) is 5.14 Å². The summed E-state index contributed by atoms with van der Waals surface area (Å²) < 4.78 is 27.4. The summed E-state index contributed by atoms with van der Waals surface area (Å²) in [5, 5.41) is 16.3. The van der Waals surface area contributed by atoms with Gasteiger partial charge in [0.25, 0.3) is 5.91 Å². The molecule has 21 heavy (non-hydrogen) atoms. The van der Waals surface area contributed by atoms with Gasteiger partial charge in [0.1, 0.15) is 11.3 Å². The maximum atomic E-state index is 11.3. The molecule has 0 fully saturated rings. The average Bonchev–Trinajstić information content (AvgIpc) is 2.41. The Bertz CT molecular complexity index is 705. The first kappa shape index (κ1) is 16.5. The molecule has 0 aliphatic rings. The monoisotopic (exact) mass is 312 g/mol. The van der Waals surface area contributed by atoms with Crippen molar-refractivity contribution in [1.82, 2.24) is 5.32 Å². The van der Waals surface area contributed by atoms with Crippen LogP contribution in [-0.4, -0.2) is 38.6 Å². The molecule has 0 saturated carbocycles. The van der Waals surface area contributed by atoms with Crippen LogP contribution in [0.3, 0.4) is 0 Å². The van der Waals surface area contributed by atoms with Crippen molar-refractivity contribution in [2.45, 2.75) is 4.90 Å². The first-order valence-corrected chi connectivity index (χ1v) is 7.03. The number of nitrogens with one attached hydrogen (secondary N) is 1. The highest BCUT2D eigenvalue weighted by Gasteiger charge is 2.17. The Morgan fingerprint density at radius 1 is 1.43 bits per heavy atom. The van der Waals surface area contributed by atoms with Gasteiger partial charge in [-0.3, -0.25) is 4.79 Å². The Labute approximate surface area is 121 Å². The number of terminal acetylenes is 1. The minimum absolute atomic E-state index is 0.0122. The standard InChI is InChI=1S/C12H12N2O6S/c1-2-5-14-11(15)7-20-10-4-3-8(21(13,18)19)6-9(10)12(16)17/h1,3-4,6H,5,7H2,(H,14,15)(H,16,17)(H2,13,18,19). The van der Waals surface area contributed by atoms with Crippen molar-refractivity contribution in [3.8, 4) is 18.1 Å². The number of carbonyl (C=O) groups is 2. The fourth-order valence-corrected chi connectivity index (χ4v) is 1.86. The van der Waals surface area contributed by atoms with Gasteiger partial charge in [-0.25, -0.2) is 18.4 Å². The molecule has 4 N–H and O–H groups in total. The second-order valence-electron chi connectivity index (χ2n) is 3.78. The van der Waals surface area contributed by atoms with Gasteiger partial charge in [0.2, 0.25) is 10.0 Å². The van der Waals surface area contributed by atoms with Gasteiger partial charge >= 0.3 is 5.97 Å². The van der Waals surface area contributed by atoms with E-state index in [1.165, 1.54) is 0 Å². The van der Waals surface area contributed by atoms with Gasteiger partial charge in [-0.2, -0.15) is 0 Å². The molecule has 1 amide bonds. The number of hydrogen-bond donors (Lipinski definition) is 3. The summed E-state index contributed by atoms with van der Waals surface area (Å²) in [6.07, 6.45) is 4.95. The molecular weight excluding hydrogens is 300 g/mol. The number of carboxylic acid groups (broad SMARTS) is 1. The Morgan fingerprint density at radius 2 is 2.10 bits per heavy atom. The molecule has 0 unspecified atom stereocenters. The van der Waals surface area contributed by atoms with Crippen LogP contribution in [0.4, 0.5) is 0 Å². The molecule has 8 nitrogen and oxygen atoms in total.